The van der Waals surface area contributed by atoms with E-state index < -0.39 is 11.7 Å². The van der Waals surface area contributed by atoms with Crippen molar-refractivity contribution in [2.45, 2.75) is 32.4 Å². The van der Waals surface area contributed by atoms with E-state index in [-0.39, 0.29) is 5.41 Å². The van der Waals surface area contributed by atoms with Crippen molar-refractivity contribution in [3.63, 3.8) is 0 Å². The first-order valence-electron chi connectivity index (χ1n) is 4.49. The molecular formula is C11H12F3I. The Morgan fingerprint density at radius 1 is 1.07 bits per heavy atom. The summed E-state index contributed by atoms with van der Waals surface area (Å²) in [4.78, 5) is 0. The lowest BCUT2D eigenvalue weighted by atomic mass is 9.86. The Bertz CT molecular complexity index is 361. The van der Waals surface area contributed by atoms with E-state index in [0.29, 0.717) is 3.57 Å². The van der Waals surface area contributed by atoms with Crippen molar-refractivity contribution >= 4 is 22.6 Å². The molecule has 0 aliphatic heterocycles. The fourth-order valence-electron chi connectivity index (χ4n) is 1.30. The molecule has 0 fully saturated rings. The van der Waals surface area contributed by atoms with Crippen molar-refractivity contribution < 1.29 is 13.2 Å². The van der Waals surface area contributed by atoms with Crippen LogP contribution in [0.25, 0.3) is 0 Å². The maximum Gasteiger partial charge on any atom is 0.416 e. The first kappa shape index (κ1) is 12.8. The molecule has 0 aliphatic rings. The van der Waals surface area contributed by atoms with Gasteiger partial charge in [0, 0.05) is 3.57 Å². The van der Waals surface area contributed by atoms with Gasteiger partial charge in [-0.25, -0.2) is 0 Å². The average Bonchev–Trinajstić information content (AvgIpc) is 1.99. The molecule has 4 heteroatoms. The van der Waals surface area contributed by atoms with Crippen LogP contribution in [-0.2, 0) is 11.6 Å². The smallest absolute Gasteiger partial charge is 0.166 e. The first-order chi connectivity index (χ1) is 6.62. The van der Waals surface area contributed by atoms with Gasteiger partial charge < -0.3 is 0 Å². The van der Waals surface area contributed by atoms with Gasteiger partial charge in [0.05, 0.1) is 5.56 Å². The molecule has 1 aromatic rings. The summed E-state index contributed by atoms with van der Waals surface area (Å²) in [6.07, 6.45) is -4.25. The van der Waals surface area contributed by atoms with Crippen molar-refractivity contribution in [1.29, 1.82) is 0 Å². The minimum Gasteiger partial charge on any atom is -0.166 e. The van der Waals surface area contributed by atoms with Crippen LogP contribution in [0.4, 0.5) is 13.2 Å². The molecule has 0 radical (unpaired) electrons. The van der Waals surface area contributed by atoms with Crippen LogP contribution < -0.4 is 0 Å². The van der Waals surface area contributed by atoms with Gasteiger partial charge in [0.15, 0.2) is 0 Å². The predicted octanol–water partition coefficient (Wildman–Crippen LogP) is 4.61. The second kappa shape index (κ2) is 3.96. The summed E-state index contributed by atoms with van der Waals surface area (Å²) in [5.74, 6) is 0. The molecule has 0 amide bonds. The third-order valence-corrected chi connectivity index (χ3v) is 3.00. The fourth-order valence-corrected chi connectivity index (χ4v) is 2.62. The van der Waals surface area contributed by atoms with Crippen LogP contribution in [0.15, 0.2) is 18.2 Å². The van der Waals surface area contributed by atoms with Crippen LogP contribution in [0.3, 0.4) is 0 Å². The van der Waals surface area contributed by atoms with Gasteiger partial charge in [-0.3, -0.25) is 0 Å². The van der Waals surface area contributed by atoms with Gasteiger partial charge in [-0.2, -0.15) is 13.2 Å². The number of hydrogen-bond acceptors (Lipinski definition) is 0. The summed E-state index contributed by atoms with van der Waals surface area (Å²) < 4.78 is 37.8. The first-order valence-corrected chi connectivity index (χ1v) is 5.57. The summed E-state index contributed by atoms with van der Waals surface area (Å²) >= 11 is 1.95. The highest BCUT2D eigenvalue weighted by Gasteiger charge is 2.31. The van der Waals surface area contributed by atoms with E-state index in [1.807, 2.05) is 43.4 Å². The zero-order chi connectivity index (χ0) is 11.9. The molecule has 15 heavy (non-hydrogen) atoms. The van der Waals surface area contributed by atoms with Crippen molar-refractivity contribution in [2.75, 3.05) is 0 Å². The summed E-state index contributed by atoms with van der Waals surface area (Å²) in [7, 11) is 0. The Morgan fingerprint density at radius 3 is 1.93 bits per heavy atom. The molecule has 0 unspecified atom stereocenters. The molecule has 1 rings (SSSR count). The van der Waals surface area contributed by atoms with E-state index in [1.54, 1.807) is 6.07 Å². The number of rotatable bonds is 0. The molecule has 84 valence electrons. The lowest BCUT2D eigenvalue weighted by molar-refractivity contribution is -0.137. The average molecular weight is 328 g/mol. The molecule has 0 saturated carbocycles. The highest BCUT2D eigenvalue weighted by atomic mass is 127. The second-order valence-corrected chi connectivity index (χ2v) is 5.60. The Morgan fingerprint density at radius 2 is 1.60 bits per heavy atom. The molecule has 0 nitrogen and oxygen atoms in total. The zero-order valence-electron chi connectivity index (χ0n) is 8.74. The topological polar surface area (TPSA) is 0 Å². The molecular weight excluding hydrogens is 316 g/mol. The molecule has 1 aromatic carbocycles. The molecule has 0 heterocycles. The molecule has 0 bridgehead atoms. The van der Waals surface area contributed by atoms with Gasteiger partial charge in [0.1, 0.15) is 0 Å². The largest absolute Gasteiger partial charge is 0.416 e. The molecule has 0 N–H and O–H groups in total. The van der Waals surface area contributed by atoms with Crippen LogP contribution in [0.2, 0.25) is 0 Å². The zero-order valence-corrected chi connectivity index (χ0v) is 10.9. The van der Waals surface area contributed by atoms with Crippen molar-refractivity contribution in [3.05, 3.63) is 32.9 Å². The molecule has 0 aliphatic carbocycles. The Balaban J connectivity index is 3.21. The van der Waals surface area contributed by atoms with Gasteiger partial charge in [0.2, 0.25) is 0 Å². The summed E-state index contributed by atoms with van der Waals surface area (Å²) in [6.45, 7) is 5.95. The second-order valence-electron chi connectivity index (χ2n) is 4.44. The number of alkyl halides is 3. The molecule has 0 atom stereocenters. The van der Waals surface area contributed by atoms with Crippen LogP contribution in [-0.4, -0.2) is 0 Å². The van der Waals surface area contributed by atoms with Crippen LogP contribution in [0.5, 0.6) is 0 Å². The van der Waals surface area contributed by atoms with Gasteiger partial charge in [-0.15, -0.1) is 0 Å². The normalized spacial score (nSPS) is 13.0. The summed E-state index contributed by atoms with van der Waals surface area (Å²) in [5.41, 5.74) is 0.233. The number of hydrogen-bond donors (Lipinski definition) is 0. The fraction of sp³-hybridized carbons (Fsp3) is 0.455. The van der Waals surface area contributed by atoms with E-state index in [9.17, 15) is 13.2 Å². The van der Waals surface area contributed by atoms with Gasteiger partial charge in [-0.05, 0) is 45.7 Å². The maximum atomic E-state index is 12.4. The van der Waals surface area contributed by atoms with Crippen molar-refractivity contribution in [3.8, 4) is 0 Å². The monoisotopic (exact) mass is 328 g/mol. The SMILES string of the molecule is CC(C)(C)c1ccc(C(F)(F)F)cc1I. The third-order valence-electron chi connectivity index (χ3n) is 2.10. The van der Waals surface area contributed by atoms with Crippen LogP contribution in [0.1, 0.15) is 31.9 Å². The number of halogens is 4. The lowest BCUT2D eigenvalue weighted by Crippen LogP contribution is -2.14. The molecule has 0 saturated heterocycles. The molecule has 0 aromatic heterocycles. The Labute approximate surface area is 101 Å². The highest BCUT2D eigenvalue weighted by Crippen LogP contribution is 2.34. The van der Waals surface area contributed by atoms with Gasteiger partial charge in [0.25, 0.3) is 0 Å². The van der Waals surface area contributed by atoms with Crippen LogP contribution >= 0.6 is 22.6 Å². The Kier molecular flexibility index (Phi) is 3.38. The van der Waals surface area contributed by atoms with E-state index in [1.165, 1.54) is 6.07 Å². The van der Waals surface area contributed by atoms with Crippen molar-refractivity contribution in [2.24, 2.45) is 0 Å². The van der Waals surface area contributed by atoms with Crippen molar-refractivity contribution in [1.82, 2.24) is 0 Å². The summed E-state index contributed by atoms with van der Waals surface area (Å²) in [6, 6.07) is 3.90. The van der Waals surface area contributed by atoms with Gasteiger partial charge >= 0.3 is 6.18 Å². The molecule has 0 spiro atoms. The van der Waals surface area contributed by atoms with Gasteiger partial charge in [-0.1, -0.05) is 26.8 Å². The third kappa shape index (κ3) is 3.09. The Hall–Kier alpha value is -0.260. The van der Waals surface area contributed by atoms with E-state index >= 15 is 0 Å². The minimum absolute atomic E-state index is 0.124. The van der Waals surface area contributed by atoms with E-state index in [0.717, 1.165) is 11.6 Å². The standard InChI is InChI=1S/C11H12F3I/c1-10(2,3)8-5-4-7(6-9(8)15)11(12,13)14/h4-6H,1-3H3. The lowest BCUT2D eigenvalue weighted by Gasteiger charge is -2.21. The minimum atomic E-state index is -4.25. The maximum absolute atomic E-state index is 12.4. The summed E-state index contributed by atoms with van der Waals surface area (Å²) in [5, 5.41) is 0. The van der Waals surface area contributed by atoms with Crippen LogP contribution in [0, 0.1) is 3.57 Å². The van der Waals surface area contributed by atoms with E-state index in [2.05, 4.69) is 0 Å². The predicted molar refractivity (Wildman–Crippen MR) is 62.9 cm³/mol. The number of benzene rings is 1. The quantitative estimate of drug-likeness (QED) is 0.610. The van der Waals surface area contributed by atoms with E-state index in [4.69, 9.17) is 0 Å². The highest BCUT2D eigenvalue weighted by molar-refractivity contribution is 14.1.